The molecule has 0 aliphatic carbocycles. The first-order valence-corrected chi connectivity index (χ1v) is 6.49. The first-order chi connectivity index (χ1) is 11.3. The maximum Gasteiger partial charge on any atom is 0.387 e. The lowest BCUT2D eigenvalue weighted by Crippen LogP contribution is -2.08. The van der Waals surface area contributed by atoms with Crippen molar-refractivity contribution in [1.29, 1.82) is 0 Å². The Labute approximate surface area is 133 Å². The van der Waals surface area contributed by atoms with Crippen LogP contribution in [-0.4, -0.2) is 24.3 Å². The number of carbonyl (C=O) groups is 1. The van der Waals surface area contributed by atoms with Gasteiger partial charge in [-0.05, 0) is 30.3 Å². The highest BCUT2D eigenvalue weighted by atomic mass is 19.3. The van der Waals surface area contributed by atoms with Crippen molar-refractivity contribution in [1.82, 2.24) is 0 Å². The molecule has 0 saturated carbocycles. The lowest BCUT2D eigenvalue weighted by atomic mass is 10.2. The highest BCUT2D eigenvalue weighted by molar-refractivity contribution is 5.89. The van der Waals surface area contributed by atoms with Gasteiger partial charge in [0, 0.05) is 17.4 Å². The van der Waals surface area contributed by atoms with Crippen LogP contribution in [0.4, 0.5) is 28.9 Å². The number of anilines is 2. The highest BCUT2D eigenvalue weighted by Crippen LogP contribution is 2.34. The van der Waals surface area contributed by atoms with Gasteiger partial charge in [-0.15, -0.1) is 0 Å². The zero-order chi connectivity index (χ0) is 17.7. The van der Waals surface area contributed by atoms with E-state index in [0.29, 0.717) is 5.69 Å². The van der Waals surface area contributed by atoms with Crippen LogP contribution < -0.4 is 14.8 Å². The summed E-state index contributed by atoms with van der Waals surface area (Å²) in [5.41, 5.74) is 0.594. The van der Waals surface area contributed by atoms with Crippen LogP contribution in [0.15, 0.2) is 42.5 Å². The normalized spacial score (nSPS) is 10.8. The van der Waals surface area contributed by atoms with E-state index in [2.05, 4.69) is 14.8 Å². The first kappa shape index (κ1) is 17.4. The van der Waals surface area contributed by atoms with Crippen molar-refractivity contribution < 1.29 is 36.9 Å². The van der Waals surface area contributed by atoms with Gasteiger partial charge < -0.3 is 19.9 Å². The summed E-state index contributed by atoms with van der Waals surface area (Å²) in [4.78, 5) is 10.9. The Morgan fingerprint density at radius 3 is 2.17 bits per heavy atom. The molecule has 0 amide bonds. The van der Waals surface area contributed by atoms with Crippen LogP contribution in [0.2, 0.25) is 0 Å². The van der Waals surface area contributed by atoms with E-state index in [-0.39, 0.29) is 11.3 Å². The fourth-order valence-electron chi connectivity index (χ4n) is 1.86. The van der Waals surface area contributed by atoms with Crippen LogP contribution in [0, 0.1) is 0 Å². The summed E-state index contributed by atoms with van der Waals surface area (Å²) in [5, 5.41) is 11.7. The zero-order valence-corrected chi connectivity index (χ0v) is 11.9. The van der Waals surface area contributed by atoms with Crippen LogP contribution in [0.1, 0.15) is 10.4 Å². The lowest BCUT2D eigenvalue weighted by Gasteiger charge is -2.14. The average molecular weight is 345 g/mol. The predicted octanol–water partition coefficient (Wildman–Crippen LogP) is 4.33. The number of benzene rings is 2. The number of hydrogen-bond acceptors (Lipinski definition) is 4. The number of ether oxygens (including phenoxy) is 2. The second-order valence-electron chi connectivity index (χ2n) is 4.43. The van der Waals surface area contributed by atoms with Gasteiger partial charge in [0.1, 0.15) is 0 Å². The first-order valence-electron chi connectivity index (χ1n) is 6.49. The molecular formula is C15H11F4NO4. The molecule has 0 saturated heterocycles. The summed E-state index contributed by atoms with van der Waals surface area (Å²) in [5.74, 6) is -2.26. The monoisotopic (exact) mass is 345 g/mol. The summed E-state index contributed by atoms with van der Waals surface area (Å²) >= 11 is 0. The minimum Gasteiger partial charge on any atom is -0.478 e. The Hall–Kier alpha value is -2.97. The fraction of sp³-hybridized carbons (Fsp3) is 0.133. The molecule has 0 spiro atoms. The van der Waals surface area contributed by atoms with Gasteiger partial charge in [-0.2, -0.15) is 17.6 Å². The summed E-state index contributed by atoms with van der Waals surface area (Å²) in [7, 11) is 0. The van der Waals surface area contributed by atoms with E-state index in [1.54, 1.807) is 6.07 Å². The van der Waals surface area contributed by atoms with Crippen LogP contribution in [0.25, 0.3) is 0 Å². The van der Waals surface area contributed by atoms with Gasteiger partial charge in [0.15, 0.2) is 11.5 Å². The molecule has 0 fully saturated rings. The van der Waals surface area contributed by atoms with Crippen LogP contribution in [0.5, 0.6) is 11.5 Å². The van der Waals surface area contributed by atoms with E-state index in [0.717, 1.165) is 12.1 Å². The Morgan fingerprint density at radius 2 is 1.54 bits per heavy atom. The molecule has 0 aliphatic heterocycles. The molecule has 0 heterocycles. The van der Waals surface area contributed by atoms with E-state index < -0.39 is 30.7 Å². The molecule has 0 radical (unpaired) electrons. The third-order valence-electron chi connectivity index (χ3n) is 2.77. The molecule has 0 aliphatic rings. The summed E-state index contributed by atoms with van der Waals surface area (Å²) < 4.78 is 57.6. The quantitative estimate of drug-likeness (QED) is 0.731. The lowest BCUT2D eigenvalue weighted by molar-refractivity contribution is -0.0691. The maximum absolute atomic E-state index is 12.4. The van der Waals surface area contributed by atoms with Gasteiger partial charge in [0.05, 0.1) is 5.56 Å². The molecule has 2 rings (SSSR count). The fourth-order valence-corrected chi connectivity index (χ4v) is 1.86. The molecule has 5 nitrogen and oxygen atoms in total. The summed E-state index contributed by atoms with van der Waals surface area (Å²) in [6.45, 7) is -6.42. The molecule has 0 atom stereocenters. The number of carboxylic acid groups (broad SMARTS) is 1. The number of nitrogens with one attached hydrogen (secondary N) is 1. The second kappa shape index (κ2) is 7.53. The van der Waals surface area contributed by atoms with E-state index in [1.165, 1.54) is 24.3 Å². The average Bonchev–Trinajstić information content (AvgIpc) is 2.49. The van der Waals surface area contributed by atoms with Crippen molar-refractivity contribution in [2.75, 3.05) is 5.32 Å². The maximum atomic E-state index is 12.4. The number of hydrogen-bond donors (Lipinski definition) is 2. The summed E-state index contributed by atoms with van der Waals surface area (Å²) in [6.07, 6.45) is 0. The van der Waals surface area contributed by atoms with Gasteiger partial charge >= 0.3 is 19.2 Å². The van der Waals surface area contributed by atoms with Crippen LogP contribution >= 0.6 is 0 Å². The van der Waals surface area contributed by atoms with Crippen molar-refractivity contribution in [3.05, 3.63) is 48.0 Å². The zero-order valence-electron chi connectivity index (χ0n) is 11.9. The molecule has 2 N–H and O–H groups in total. The molecule has 0 aromatic heterocycles. The smallest absolute Gasteiger partial charge is 0.387 e. The molecule has 24 heavy (non-hydrogen) atoms. The predicted molar refractivity (Wildman–Crippen MR) is 76.4 cm³/mol. The largest absolute Gasteiger partial charge is 0.478 e. The minimum absolute atomic E-state index is 0.0155. The van der Waals surface area contributed by atoms with E-state index in [9.17, 15) is 22.4 Å². The third-order valence-corrected chi connectivity index (χ3v) is 2.77. The Bertz CT molecular complexity index is 724. The van der Waals surface area contributed by atoms with Crippen molar-refractivity contribution in [3.8, 4) is 11.5 Å². The Balaban J connectivity index is 2.27. The number of carboxylic acids is 1. The highest BCUT2D eigenvalue weighted by Gasteiger charge is 2.15. The molecule has 2 aromatic rings. The van der Waals surface area contributed by atoms with Crippen LogP contribution in [0.3, 0.4) is 0 Å². The van der Waals surface area contributed by atoms with Crippen molar-refractivity contribution >= 4 is 17.3 Å². The molecular weight excluding hydrogens is 334 g/mol. The molecule has 9 heteroatoms. The summed E-state index contributed by atoms with van der Waals surface area (Å²) in [6, 6.07) is 9.09. The van der Waals surface area contributed by atoms with Gasteiger partial charge in [0.25, 0.3) is 0 Å². The molecule has 0 unspecified atom stereocenters. The van der Waals surface area contributed by atoms with Crippen molar-refractivity contribution in [2.24, 2.45) is 0 Å². The second-order valence-corrected chi connectivity index (χ2v) is 4.43. The molecule has 2 aromatic carbocycles. The number of aromatic carboxylic acids is 1. The SMILES string of the molecule is O=C(O)c1cccc(Nc2ccc(OC(F)F)c(OC(F)F)c2)c1. The van der Waals surface area contributed by atoms with Gasteiger partial charge in [-0.1, -0.05) is 6.07 Å². The van der Waals surface area contributed by atoms with Crippen molar-refractivity contribution in [2.45, 2.75) is 13.2 Å². The molecule has 0 bridgehead atoms. The van der Waals surface area contributed by atoms with Crippen molar-refractivity contribution in [3.63, 3.8) is 0 Å². The van der Waals surface area contributed by atoms with E-state index in [1.807, 2.05) is 0 Å². The number of alkyl halides is 4. The Kier molecular flexibility index (Phi) is 5.46. The van der Waals surface area contributed by atoms with E-state index >= 15 is 0 Å². The molecule has 128 valence electrons. The standard InChI is InChI=1S/C15H11F4NO4/c16-14(17)23-11-5-4-10(7-12(11)24-15(18)19)20-9-3-1-2-8(6-9)13(21)22/h1-7,14-15,20H,(H,21,22). The minimum atomic E-state index is -3.23. The number of halogens is 4. The number of rotatable bonds is 7. The van der Waals surface area contributed by atoms with Crippen LogP contribution in [-0.2, 0) is 0 Å². The third kappa shape index (κ3) is 4.77. The Morgan fingerprint density at radius 1 is 0.917 bits per heavy atom. The van der Waals surface area contributed by atoms with Gasteiger partial charge in [0.2, 0.25) is 0 Å². The van der Waals surface area contributed by atoms with Gasteiger partial charge in [-0.25, -0.2) is 4.79 Å². The van der Waals surface area contributed by atoms with E-state index in [4.69, 9.17) is 5.11 Å². The topological polar surface area (TPSA) is 67.8 Å². The van der Waals surface area contributed by atoms with Gasteiger partial charge in [-0.3, -0.25) is 0 Å².